The number of hydrogen-bond acceptors (Lipinski definition) is 5. The molecule has 21 heavy (non-hydrogen) atoms. The molecule has 1 atom stereocenters. The number of ether oxygens (including phenoxy) is 2. The third kappa shape index (κ3) is 6.27. The van der Waals surface area contributed by atoms with Crippen LogP contribution < -0.4 is 5.32 Å². The first kappa shape index (κ1) is 17.0. The van der Waals surface area contributed by atoms with E-state index in [-0.39, 0.29) is 6.42 Å². The molecule has 0 aliphatic rings. The lowest BCUT2D eigenvalue weighted by Crippen LogP contribution is -2.27. The zero-order valence-corrected chi connectivity index (χ0v) is 12.7. The molecule has 1 amide bonds. The molecule has 1 aromatic carbocycles. The van der Waals surface area contributed by atoms with Gasteiger partial charge in [0.05, 0.1) is 19.6 Å². The van der Waals surface area contributed by atoms with E-state index < -0.39 is 23.8 Å². The van der Waals surface area contributed by atoms with E-state index in [1.807, 2.05) is 0 Å². The molecular weight excluding hydrogens is 274 g/mol. The third-order valence-corrected chi connectivity index (χ3v) is 2.50. The van der Waals surface area contributed by atoms with E-state index in [0.29, 0.717) is 11.3 Å². The van der Waals surface area contributed by atoms with Gasteiger partial charge in [-0.1, -0.05) is 12.1 Å². The monoisotopic (exact) mass is 295 g/mol. The van der Waals surface area contributed by atoms with E-state index in [9.17, 15) is 14.7 Å². The summed E-state index contributed by atoms with van der Waals surface area (Å²) in [5.74, 6) is -0.506. The Morgan fingerprint density at radius 1 is 1.33 bits per heavy atom. The topological polar surface area (TPSA) is 84.9 Å². The summed E-state index contributed by atoms with van der Waals surface area (Å²) in [6.07, 6.45) is -1.72. The second-order valence-corrected chi connectivity index (χ2v) is 5.55. The minimum Gasteiger partial charge on any atom is -0.469 e. The minimum atomic E-state index is -0.988. The molecule has 0 saturated carbocycles. The Hall–Kier alpha value is -2.08. The molecule has 1 rings (SSSR count). The van der Waals surface area contributed by atoms with Gasteiger partial charge in [-0.3, -0.25) is 10.1 Å². The summed E-state index contributed by atoms with van der Waals surface area (Å²) < 4.78 is 9.64. The molecule has 0 aromatic heterocycles. The van der Waals surface area contributed by atoms with Crippen molar-refractivity contribution in [3.05, 3.63) is 29.8 Å². The number of methoxy groups -OCH3 is 1. The summed E-state index contributed by atoms with van der Waals surface area (Å²) in [4.78, 5) is 22.8. The average Bonchev–Trinajstić information content (AvgIpc) is 2.36. The molecule has 116 valence electrons. The first-order valence-corrected chi connectivity index (χ1v) is 6.56. The number of aliphatic hydroxyl groups excluding tert-OH is 1. The van der Waals surface area contributed by atoms with E-state index in [4.69, 9.17) is 4.74 Å². The first-order chi connectivity index (χ1) is 9.71. The minimum absolute atomic E-state index is 0.146. The zero-order chi connectivity index (χ0) is 16.0. The number of carbonyl (C=O) groups is 2. The third-order valence-electron chi connectivity index (χ3n) is 2.50. The van der Waals surface area contributed by atoms with E-state index in [1.165, 1.54) is 7.11 Å². The maximum atomic E-state index is 11.7. The van der Waals surface area contributed by atoms with Crippen LogP contribution in [0.3, 0.4) is 0 Å². The molecule has 0 heterocycles. The number of hydrogen-bond donors (Lipinski definition) is 2. The molecule has 1 aromatic rings. The molecule has 0 spiro atoms. The van der Waals surface area contributed by atoms with Crippen LogP contribution in [0.25, 0.3) is 0 Å². The summed E-state index contributed by atoms with van der Waals surface area (Å²) in [5, 5.41) is 12.5. The van der Waals surface area contributed by atoms with Crippen molar-refractivity contribution in [2.75, 3.05) is 12.4 Å². The van der Waals surface area contributed by atoms with E-state index in [2.05, 4.69) is 10.1 Å². The highest BCUT2D eigenvalue weighted by atomic mass is 16.6. The van der Waals surface area contributed by atoms with Crippen LogP contribution in [0.4, 0.5) is 10.5 Å². The fourth-order valence-corrected chi connectivity index (χ4v) is 1.60. The normalized spacial score (nSPS) is 12.4. The lowest BCUT2D eigenvalue weighted by molar-refractivity contribution is -0.142. The predicted molar refractivity (Wildman–Crippen MR) is 77.9 cm³/mol. The number of benzene rings is 1. The Balaban J connectivity index is 2.72. The number of anilines is 1. The molecule has 0 aliphatic heterocycles. The van der Waals surface area contributed by atoms with Crippen LogP contribution in [-0.2, 0) is 14.3 Å². The highest BCUT2D eigenvalue weighted by Gasteiger charge is 2.17. The van der Waals surface area contributed by atoms with Gasteiger partial charge in [-0.25, -0.2) is 4.79 Å². The lowest BCUT2D eigenvalue weighted by atomic mass is 10.1. The van der Waals surface area contributed by atoms with Crippen LogP contribution in [0.1, 0.15) is 38.9 Å². The largest absolute Gasteiger partial charge is 0.469 e. The van der Waals surface area contributed by atoms with Gasteiger partial charge in [-0.05, 0) is 38.5 Å². The van der Waals surface area contributed by atoms with Crippen molar-refractivity contribution in [2.45, 2.75) is 38.9 Å². The van der Waals surface area contributed by atoms with Crippen LogP contribution in [-0.4, -0.2) is 29.9 Å². The Morgan fingerprint density at radius 3 is 2.57 bits per heavy atom. The second-order valence-electron chi connectivity index (χ2n) is 5.55. The van der Waals surface area contributed by atoms with Gasteiger partial charge < -0.3 is 14.6 Å². The summed E-state index contributed by atoms with van der Waals surface area (Å²) in [6.45, 7) is 5.30. The molecule has 0 fully saturated rings. The SMILES string of the molecule is COC(=O)C[C@@H](O)c1cccc(NC(=O)OC(C)(C)C)c1. The van der Waals surface area contributed by atoms with Gasteiger partial charge in [0.1, 0.15) is 5.60 Å². The van der Waals surface area contributed by atoms with Gasteiger partial charge >= 0.3 is 12.1 Å². The predicted octanol–water partition coefficient (Wildman–Crippen LogP) is 2.63. The van der Waals surface area contributed by atoms with Gasteiger partial charge in [-0.15, -0.1) is 0 Å². The van der Waals surface area contributed by atoms with Gasteiger partial charge in [-0.2, -0.15) is 0 Å². The highest BCUT2D eigenvalue weighted by molar-refractivity contribution is 5.85. The molecule has 0 bridgehead atoms. The highest BCUT2D eigenvalue weighted by Crippen LogP contribution is 2.21. The van der Waals surface area contributed by atoms with E-state index in [1.54, 1.807) is 45.0 Å². The number of esters is 1. The quantitative estimate of drug-likeness (QED) is 0.834. The average molecular weight is 295 g/mol. The molecule has 0 unspecified atom stereocenters. The van der Waals surface area contributed by atoms with E-state index in [0.717, 1.165) is 0 Å². The van der Waals surface area contributed by atoms with Crippen molar-refractivity contribution in [3.63, 3.8) is 0 Å². The molecule has 0 saturated heterocycles. The Bertz CT molecular complexity index is 507. The van der Waals surface area contributed by atoms with E-state index >= 15 is 0 Å². The van der Waals surface area contributed by atoms with Crippen molar-refractivity contribution in [1.29, 1.82) is 0 Å². The van der Waals surface area contributed by atoms with Gasteiger partial charge in [0.25, 0.3) is 0 Å². The summed E-state index contributed by atoms with van der Waals surface area (Å²) in [6, 6.07) is 6.58. The zero-order valence-electron chi connectivity index (χ0n) is 12.7. The van der Waals surface area contributed by atoms with Crippen molar-refractivity contribution in [3.8, 4) is 0 Å². The maximum absolute atomic E-state index is 11.7. The molecule has 0 aliphatic carbocycles. The van der Waals surface area contributed by atoms with Crippen molar-refractivity contribution in [1.82, 2.24) is 0 Å². The smallest absolute Gasteiger partial charge is 0.412 e. The standard InChI is InChI=1S/C15H21NO5/c1-15(2,3)21-14(19)16-11-7-5-6-10(8-11)12(17)9-13(18)20-4/h5-8,12,17H,9H2,1-4H3,(H,16,19)/t12-/m1/s1. The van der Waals surface area contributed by atoms with Crippen LogP contribution in [0.15, 0.2) is 24.3 Å². The maximum Gasteiger partial charge on any atom is 0.412 e. The fourth-order valence-electron chi connectivity index (χ4n) is 1.60. The van der Waals surface area contributed by atoms with Crippen molar-refractivity contribution < 1.29 is 24.2 Å². The molecule has 6 nitrogen and oxygen atoms in total. The Kier molecular flexibility index (Phi) is 5.72. The number of rotatable bonds is 4. The van der Waals surface area contributed by atoms with Crippen LogP contribution in [0, 0.1) is 0 Å². The molecule has 2 N–H and O–H groups in total. The molecule has 0 radical (unpaired) electrons. The summed E-state index contributed by atoms with van der Waals surface area (Å²) >= 11 is 0. The fraction of sp³-hybridized carbons (Fsp3) is 0.467. The molecular formula is C15H21NO5. The van der Waals surface area contributed by atoms with Crippen LogP contribution >= 0.6 is 0 Å². The summed E-state index contributed by atoms with van der Waals surface area (Å²) in [5.41, 5.74) is 0.395. The Morgan fingerprint density at radius 2 is 2.00 bits per heavy atom. The number of amides is 1. The second kappa shape index (κ2) is 7.08. The number of nitrogens with one attached hydrogen (secondary N) is 1. The molecule has 6 heteroatoms. The van der Waals surface area contributed by atoms with Gasteiger partial charge in [0.15, 0.2) is 0 Å². The van der Waals surface area contributed by atoms with Crippen molar-refractivity contribution >= 4 is 17.7 Å². The Labute approximate surface area is 124 Å². The number of carbonyl (C=O) groups excluding carboxylic acids is 2. The van der Waals surface area contributed by atoms with Gasteiger partial charge in [0.2, 0.25) is 0 Å². The first-order valence-electron chi connectivity index (χ1n) is 6.56. The lowest BCUT2D eigenvalue weighted by Gasteiger charge is -2.20. The summed E-state index contributed by atoms with van der Waals surface area (Å²) in [7, 11) is 1.26. The van der Waals surface area contributed by atoms with Crippen molar-refractivity contribution in [2.24, 2.45) is 0 Å². The number of aliphatic hydroxyl groups is 1. The van der Waals surface area contributed by atoms with Crippen LogP contribution in [0.2, 0.25) is 0 Å². The van der Waals surface area contributed by atoms with Gasteiger partial charge in [0, 0.05) is 5.69 Å². The van der Waals surface area contributed by atoms with Crippen LogP contribution in [0.5, 0.6) is 0 Å².